The van der Waals surface area contributed by atoms with E-state index in [1.54, 1.807) is 37.1 Å². The molecule has 1 aliphatic carbocycles. The molecule has 3 aromatic heterocycles. The lowest BCUT2D eigenvalue weighted by Crippen LogP contribution is -2.40. The monoisotopic (exact) mass is 320 g/mol. The molecular formula is C16H12N6O2. The molecule has 0 aromatic carbocycles. The Hall–Kier alpha value is -3.51. The van der Waals surface area contributed by atoms with Gasteiger partial charge in [0.1, 0.15) is 0 Å². The number of hydrogen-bond acceptors (Lipinski definition) is 5. The third-order valence-corrected chi connectivity index (χ3v) is 3.73. The van der Waals surface area contributed by atoms with Gasteiger partial charge in [-0.15, -0.1) is 10.8 Å². The number of hydrogen-bond donors (Lipinski definition) is 0. The summed E-state index contributed by atoms with van der Waals surface area (Å²) in [6.07, 6.45) is 10.6. The molecule has 0 N–H and O–H groups in total. The first kappa shape index (κ1) is 14.1. The standard InChI is InChI=1S/C16H12N6O2/c23-15-16(24)21(13-2-1-3-13)9-8-20(15)11-12-4-5-14(17-10-12)22-7-6-18-19-22/h1,4-10H,2,11H2. The molecule has 0 spiro atoms. The Kier molecular flexibility index (Phi) is 3.29. The van der Waals surface area contributed by atoms with Gasteiger partial charge in [0, 0.05) is 25.0 Å². The number of rotatable bonds is 4. The molecule has 0 fully saturated rings. The third kappa shape index (κ3) is 2.41. The third-order valence-electron chi connectivity index (χ3n) is 3.73. The van der Waals surface area contributed by atoms with Crippen LogP contribution in [0.25, 0.3) is 11.5 Å². The molecule has 3 heterocycles. The van der Waals surface area contributed by atoms with Crippen molar-refractivity contribution in [3.8, 4) is 5.82 Å². The molecular weight excluding hydrogens is 308 g/mol. The van der Waals surface area contributed by atoms with E-state index >= 15 is 0 Å². The Labute approximate surface area is 135 Å². The van der Waals surface area contributed by atoms with Crippen molar-refractivity contribution in [2.24, 2.45) is 0 Å². The molecule has 1 aliphatic rings. The van der Waals surface area contributed by atoms with Crippen LogP contribution in [0, 0.1) is 0 Å². The van der Waals surface area contributed by atoms with Gasteiger partial charge in [-0.2, -0.15) is 0 Å². The van der Waals surface area contributed by atoms with Crippen molar-refractivity contribution in [3.05, 3.63) is 81.2 Å². The Morgan fingerprint density at radius 3 is 2.62 bits per heavy atom. The number of aromatic nitrogens is 6. The maximum Gasteiger partial charge on any atom is 0.321 e. The van der Waals surface area contributed by atoms with Gasteiger partial charge in [0.2, 0.25) is 0 Å². The summed E-state index contributed by atoms with van der Waals surface area (Å²) in [4.78, 5) is 28.7. The molecule has 0 saturated heterocycles. The van der Waals surface area contributed by atoms with Crippen LogP contribution in [0.5, 0.6) is 0 Å². The summed E-state index contributed by atoms with van der Waals surface area (Å²) in [5.41, 5.74) is 3.28. The predicted octanol–water partition coefficient (Wildman–Crippen LogP) is 0.434. The molecule has 0 saturated carbocycles. The van der Waals surface area contributed by atoms with Gasteiger partial charge in [0.25, 0.3) is 0 Å². The SMILES string of the molecule is O=c1c(=O)n(C2=C=CC2)ccn1Cc1ccc(-n2ccnn2)nc1. The molecule has 24 heavy (non-hydrogen) atoms. The largest absolute Gasteiger partial charge is 0.321 e. The van der Waals surface area contributed by atoms with Gasteiger partial charge in [-0.25, -0.2) is 9.67 Å². The fraction of sp³-hybridized carbons (Fsp3) is 0.125. The minimum Gasteiger partial charge on any atom is -0.305 e. The van der Waals surface area contributed by atoms with Crippen LogP contribution in [0.3, 0.4) is 0 Å². The van der Waals surface area contributed by atoms with E-state index in [0.717, 1.165) is 5.56 Å². The van der Waals surface area contributed by atoms with Crippen molar-refractivity contribution in [3.63, 3.8) is 0 Å². The summed E-state index contributed by atoms with van der Waals surface area (Å²) in [6.45, 7) is 0.272. The lowest BCUT2D eigenvalue weighted by atomic mass is 10.2. The highest BCUT2D eigenvalue weighted by atomic mass is 16.2. The summed E-state index contributed by atoms with van der Waals surface area (Å²) in [6, 6.07) is 3.61. The van der Waals surface area contributed by atoms with Crippen LogP contribution in [-0.2, 0) is 6.54 Å². The fourth-order valence-corrected chi connectivity index (χ4v) is 2.38. The molecule has 0 radical (unpaired) electrons. The van der Waals surface area contributed by atoms with E-state index in [0.29, 0.717) is 17.9 Å². The Bertz CT molecular complexity index is 1070. The van der Waals surface area contributed by atoms with Crippen LogP contribution >= 0.6 is 0 Å². The maximum atomic E-state index is 12.2. The highest BCUT2D eigenvalue weighted by molar-refractivity contribution is 5.52. The molecule has 0 aliphatic heterocycles. The predicted molar refractivity (Wildman–Crippen MR) is 85.6 cm³/mol. The Balaban J connectivity index is 1.62. The quantitative estimate of drug-likeness (QED) is 0.514. The lowest BCUT2D eigenvalue weighted by Gasteiger charge is -2.12. The van der Waals surface area contributed by atoms with Crippen LogP contribution in [0.2, 0.25) is 0 Å². The molecule has 8 heteroatoms. The van der Waals surface area contributed by atoms with Crippen LogP contribution in [0.15, 0.2) is 64.5 Å². The van der Waals surface area contributed by atoms with E-state index in [1.807, 2.05) is 12.1 Å². The van der Waals surface area contributed by atoms with E-state index in [1.165, 1.54) is 13.8 Å². The normalized spacial score (nSPS) is 12.8. The minimum absolute atomic E-state index is 0.272. The van der Waals surface area contributed by atoms with Gasteiger partial charge >= 0.3 is 11.1 Å². The summed E-state index contributed by atoms with van der Waals surface area (Å²) in [5, 5.41) is 7.59. The molecule has 0 atom stereocenters. The molecule has 0 amide bonds. The van der Waals surface area contributed by atoms with Crippen LogP contribution in [-0.4, -0.2) is 29.1 Å². The zero-order valence-electron chi connectivity index (χ0n) is 12.5. The topological polar surface area (TPSA) is 87.6 Å². The van der Waals surface area contributed by atoms with Crippen LogP contribution in [0.4, 0.5) is 0 Å². The van der Waals surface area contributed by atoms with Crippen LogP contribution < -0.4 is 11.1 Å². The average molecular weight is 320 g/mol. The number of allylic oxidation sites excluding steroid dienone is 1. The average Bonchev–Trinajstić information content (AvgIpc) is 3.08. The van der Waals surface area contributed by atoms with E-state index in [-0.39, 0.29) is 6.54 Å². The Morgan fingerprint density at radius 2 is 2.00 bits per heavy atom. The first-order valence-electron chi connectivity index (χ1n) is 7.30. The first-order chi connectivity index (χ1) is 11.7. The molecule has 0 bridgehead atoms. The van der Waals surface area contributed by atoms with E-state index in [4.69, 9.17) is 0 Å². The lowest BCUT2D eigenvalue weighted by molar-refractivity contribution is 0.713. The van der Waals surface area contributed by atoms with Crippen molar-refractivity contribution in [1.29, 1.82) is 0 Å². The van der Waals surface area contributed by atoms with E-state index in [9.17, 15) is 9.59 Å². The summed E-state index contributed by atoms with van der Waals surface area (Å²) in [7, 11) is 0. The number of nitrogens with zero attached hydrogens (tertiary/aromatic N) is 6. The van der Waals surface area contributed by atoms with Crippen molar-refractivity contribution < 1.29 is 0 Å². The minimum atomic E-state index is -0.570. The summed E-state index contributed by atoms with van der Waals surface area (Å²) >= 11 is 0. The van der Waals surface area contributed by atoms with Gasteiger partial charge < -0.3 is 4.57 Å². The van der Waals surface area contributed by atoms with Gasteiger partial charge in [-0.1, -0.05) is 11.3 Å². The fourth-order valence-electron chi connectivity index (χ4n) is 2.38. The van der Waals surface area contributed by atoms with Gasteiger partial charge in [0.05, 0.1) is 24.6 Å². The first-order valence-corrected chi connectivity index (χ1v) is 7.30. The molecule has 4 rings (SSSR count). The van der Waals surface area contributed by atoms with E-state index < -0.39 is 11.1 Å². The van der Waals surface area contributed by atoms with Crippen molar-refractivity contribution >= 4 is 5.70 Å². The zero-order valence-corrected chi connectivity index (χ0v) is 12.5. The highest BCUT2D eigenvalue weighted by Gasteiger charge is 2.11. The van der Waals surface area contributed by atoms with Gasteiger partial charge in [-0.05, 0) is 17.7 Å². The maximum absolute atomic E-state index is 12.2. The molecule has 118 valence electrons. The summed E-state index contributed by atoms with van der Waals surface area (Å²) in [5.74, 6) is 0.628. The van der Waals surface area contributed by atoms with Crippen LogP contribution in [0.1, 0.15) is 12.0 Å². The highest BCUT2D eigenvalue weighted by Crippen LogP contribution is 2.12. The second kappa shape index (κ2) is 5.60. The van der Waals surface area contributed by atoms with E-state index in [2.05, 4.69) is 21.0 Å². The van der Waals surface area contributed by atoms with Crippen molar-refractivity contribution in [2.45, 2.75) is 13.0 Å². The molecule has 0 unspecified atom stereocenters. The van der Waals surface area contributed by atoms with Gasteiger partial charge in [-0.3, -0.25) is 14.2 Å². The van der Waals surface area contributed by atoms with Crippen molar-refractivity contribution in [2.75, 3.05) is 0 Å². The number of pyridine rings is 1. The summed E-state index contributed by atoms with van der Waals surface area (Å²) < 4.78 is 4.25. The Morgan fingerprint density at radius 1 is 1.12 bits per heavy atom. The molecule has 8 nitrogen and oxygen atoms in total. The molecule has 3 aromatic rings. The smallest absolute Gasteiger partial charge is 0.305 e. The second-order valence-electron chi connectivity index (χ2n) is 5.28. The second-order valence-corrected chi connectivity index (χ2v) is 5.28. The van der Waals surface area contributed by atoms with Crippen molar-refractivity contribution in [1.82, 2.24) is 29.1 Å². The zero-order chi connectivity index (χ0) is 16.5. The van der Waals surface area contributed by atoms with Gasteiger partial charge in [0.15, 0.2) is 5.82 Å².